The standard InChI is InChI=1S/C14H22N4O2/c1-10-13(11(2)16(4)15-10)9-14(20)18-7-5-17(6-8-18)12(3)19/h5-9H2,1-4H3. The van der Waals surface area contributed by atoms with E-state index >= 15 is 0 Å². The Bertz CT molecular complexity index is 528. The molecular weight excluding hydrogens is 256 g/mol. The van der Waals surface area contributed by atoms with Crippen LogP contribution >= 0.6 is 0 Å². The normalized spacial score (nSPS) is 15.6. The second kappa shape index (κ2) is 5.64. The minimum atomic E-state index is 0.0797. The number of aryl methyl sites for hydroxylation is 2. The number of carbonyl (C=O) groups excluding carboxylic acids is 2. The van der Waals surface area contributed by atoms with Gasteiger partial charge in [0.1, 0.15) is 0 Å². The summed E-state index contributed by atoms with van der Waals surface area (Å²) in [5, 5.41) is 4.34. The third-order valence-corrected chi connectivity index (χ3v) is 4.06. The van der Waals surface area contributed by atoms with Crippen LogP contribution in [0.5, 0.6) is 0 Å². The zero-order chi connectivity index (χ0) is 14.9. The summed E-state index contributed by atoms with van der Waals surface area (Å²) in [6.07, 6.45) is 0.394. The monoisotopic (exact) mass is 278 g/mol. The molecule has 1 saturated heterocycles. The fraction of sp³-hybridized carbons (Fsp3) is 0.643. The van der Waals surface area contributed by atoms with Gasteiger partial charge >= 0.3 is 0 Å². The van der Waals surface area contributed by atoms with Gasteiger partial charge in [0.2, 0.25) is 11.8 Å². The summed E-state index contributed by atoms with van der Waals surface area (Å²) in [4.78, 5) is 27.2. The van der Waals surface area contributed by atoms with Crippen molar-refractivity contribution >= 4 is 11.8 Å². The highest BCUT2D eigenvalue weighted by molar-refractivity contribution is 5.80. The zero-order valence-corrected chi connectivity index (χ0v) is 12.6. The molecule has 110 valence electrons. The first-order valence-corrected chi connectivity index (χ1v) is 6.92. The molecule has 0 unspecified atom stereocenters. The van der Waals surface area contributed by atoms with Gasteiger partial charge in [-0.2, -0.15) is 5.10 Å². The Hall–Kier alpha value is -1.85. The Morgan fingerprint density at radius 3 is 2.10 bits per heavy atom. The molecule has 0 saturated carbocycles. The Labute approximate surface area is 119 Å². The lowest BCUT2D eigenvalue weighted by Crippen LogP contribution is -2.50. The van der Waals surface area contributed by atoms with Crippen LogP contribution in [0.15, 0.2) is 0 Å². The molecule has 0 bridgehead atoms. The summed E-state index contributed by atoms with van der Waals surface area (Å²) >= 11 is 0. The van der Waals surface area contributed by atoms with E-state index in [-0.39, 0.29) is 11.8 Å². The number of nitrogens with zero attached hydrogens (tertiary/aromatic N) is 4. The third-order valence-electron chi connectivity index (χ3n) is 4.06. The van der Waals surface area contributed by atoms with Crippen molar-refractivity contribution in [2.24, 2.45) is 7.05 Å². The number of piperazine rings is 1. The van der Waals surface area contributed by atoms with Gasteiger partial charge in [-0.1, -0.05) is 0 Å². The number of amides is 2. The topological polar surface area (TPSA) is 58.4 Å². The van der Waals surface area contributed by atoms with E-state index in [0.29, 0.717) is 32.6 Å². The molecule has 0 N–H and O–H groups in total. The van der Waals surface area contributed by atoms with E-state index in [1.165, 1.54) is 0 Å². The number of aromatic nitrogens is 2. The van der Waals surface area contributed by atoms with Gasteiger partial charge in [-0.3, -0.25) is 14.3 Å². The first kappa shape index (κ1) is 14.6. The highest BCUT2D eigenvalue weighted by atomic mass is 16.2. The average molecular weight is 278 g/mol. The van der Waals surface area contributed by atoms with Gasteiger partial charge in [0.25, 0.3) is 0 Å². The lowest BCUT2D eigenvalue weighted by molar-refractivity contribution is -0.138. The molecule has 0 radical (unpaired) electrons. The maximum Gasteiger partial charge on any atom is 0.227 e. The summed E-state index contributed by atoms with van der Waals surface area (Å²) in [6.45, 7) is 7.99. The number of hydrogen-bond acceptors (Lipinski definition) is 3. The molecule has 1 aliphatic rings. The number of rotatable bonds is 2. The molecule has 0 atom stereocenters. The van der Waals surface area contributed by atoms with Crippen LogP contribution < -0.4 is 0 Å². The average Bonchev–Trinajstić information content (AvgIpc) is 2.65. The van der Waals surface area contributed by atoms with Gasteiger partial charge < -0.3 is 9.80 Å². The van der Waals surface area contributed by atoms with Gasteiger partial charge in [-0.05, 0) is 13.8 Å². The molecule has 2 heterocycles. The predicted molar refractivity (Wildman–Crippen MR) is 75.2 cm³/mol. The van der Waals surface area contributed by atoms with Crippen LogP contribution in [0.25, 0.3) is 0 Å². The van der Waals surface area contributed by atoms with Crippen LogP contribution in [-0.2, 0) is 23.1 Å². The minimum absolute atomic E-state index is 0.0797. The molecule has 6 nitrogen and oxygen atoms in total. The van der Waals surface area contributed by atoms with Crippen molar-refractivity contribution in [3.8, 4) is 0 Å². The Morgan fingerprint density at radius 2 is 1.65 bits per heavy atom. The second-order valence-corrected chi connectivity index (χ2v) is 5.34. The molecule has 1 fully saturated rings. The van der Waals surface area contributed by atoms with Crippen molar-refractivity contribution < 1.29 is 9.59 Å². The van der Waals surface area contributed by atoms with Crippen LogP contribution in [0.1, 0.15) is 23.9 Å². The van der Waals surface area contributed by atoms with E-state index in [1.807, 2.05) is 30.5 Å². The third kappa shape index (κ3) is 2.84. The van der Waals surface area contributed by atoms with Gasteiger partial charge in [-0.25, -0.2) is 0 Å². The Kier molecular flexibility index (Phi) is 4.11. The van der Waals surface area contributed by atoms with E-state index in [4.69, 9.17) is 0 Å². The van der Waals surface area contributed by atoms with E-state index in [2.05, 4.69) is 5.10 Å². The lowest BCUT2D eigenvalue weighted by Gasteiger charge is -2.34. The summed E-state index contributed by atoms with van der Waals surface area (Å²) in [5.74, 6) is 0.198. The van der Waals surface area contributed by atoms with Gasteiger partial charge in [0.05, 0.1) is 12.1 Å². The number of hydrogen-bond donors (Lipinski definition) is 0. The van der Waals surface area contributed by atoms with Crippen molar-refractivity contribution in [1.82, 2.24) is 19.6 Å². The quantitative estimate of drug-likeness (QED) is 0.780. The fourth-order valence-electron chi connectivity index (χ4n) is 2.61. The first-order valence-electron chi connectivity index (χ1n) is 6.92. The molecule has 2 rings (SSSR count). The molecule has 0 aliphatic carbocycles. The van der Waals surface area contributed by atoms with E-state index in [0.717, 1.165) is 17.0 Å². The smallest absolute Gasteiger partial charge is 0.227 e. The van der Waals surface area contributed by atoms with Crippen molar-refractivity contribution in [3.05, 3.63) is 17.0 Å². The zero-order valence-electron chi connectivity index (χ0n) is 12.6. The van der Waals surface area contributed by atoms with Crippen LogP contribution in [0, 0.1) is 13.8 Å². The Morgan fingerprint density at radius 1 is 1.10 bits per heavy atom. The molecule has 0 aromatic carbocycles. The second-order valence-electron chi connectivity index (χ2n) is 5.34. The van der Waals surface area contributed by atoms with E-state index < -0.39 is 0 Å². The highest BCUT2D eigenvalue weighted by Crippen LogP contribution is 2.14. The summed E-state index contributed by atoms with van der Waals surface area (Å²) in [6, 6.07) is 0. The molecule has 1 aromatic rings. The number of carbonyl (C=O) groups is 2. The van der Waals surface area contributed by atoms with Crippen LogP contribution in [0.4, 0.5) is 0 Å². The van der Waals surface area contributed by atoms with Crippen molar-refractivity contribution in [1.29, 1.82) is 0 Å². The molecule has 1 aromatic heterocycles. The molecule has 1 aliphatic heterocycles. The summed E-state index contributed by atoms with van der Waals surface area (Å²) < 4.78 is 1.81. The van der Waals surface area contributed by atoms with Crippen LogP contribution in [0.3, 0.4) is 0 Å². The molecular formula is C14H22N4O2. The van der Waals surface area contributed by atoms with Gasteiger partial charge in [-0.15, -0.1) is 0 Å². The molecule has 6 heteroatoms. The summed E-state index contributed by atoms with van der Waals surface area (Å²) in [7, 11) is 1.89. The van der Waals surface area contributed by atoms with Crippen molar-refractivity contribution in [2.45, 2.75) is 27.2 Å². The van der Waals surface area contributed by atoms with Crippen LogP contribution in [-0.4, -0.2) is 57.6 Å². The lowest BCUT2D eigenvalue weighted by atomic mass is 10.1. The molecule has 2 amide bonds. The van der Waals surface area contributed by atoms with E-state index in [9.17, 15) is 9.59 Å². The predicted octanol–water partition coefficient (Wildman–Crippen LogP) is 0.270. The summed E-state index contributed by atoms with van der Waals surface area (Å²) in [5.41, 5.74) is 2.98. The largest absolute Gasteiger partial charge is 0.339 e. The maximum absolute atomic E-state index is 12.3. The molecule has 0 spiro atoms. The van der Waals surface area contributed by atoms with Crippen LogP contribution in [0.2, 0.25) is 0 Å². The molecule has 20 heavy (non-hydrogen) atoms. The highest BCUT2D eigenvalue weighted by Gasteiger charge is 2.23. The first-order chi connectivity index (χ1) is 9.40. The fourth-order valence-corrected chi connectivity index (χ4v) is 2.61. The maximum atomic E-state index is 12.3. The van der Waals surface area contributed by atoms with Gasteiger partial charge in [0, 0.05) is 51.4 Å². The van der Waals surface area contributed by atoms with Crippen molar-refractivity contribution in [3.63, 3.8) is 0 Å². The van der Waals surface area contributed by atoms with E-state index in [1.54, 1.807) is 11.8 Å². The SMILES string of the molecule is CC(=O)N1CCN(C(=O)Cc2c(C)nn(C)c2C)CC1. The van der Waals surface area contributed by atoms with Crippen molar-refractivity contribution in [2.75, 3.05) is 26.2 Å². The van der Waals surface area contributed by atoms with Gasteiger partial charge in [0.15, 0.2) is 0 Å². The minimum Gasteiger partial charge on any atom is -0.339 e. The Balaban J connectivity index is 1.98.